The predicted molar refractivity (Wildman–Crippen MR) is 187 cm³/mol. The van der Waals surface area contributed by atoms with Crippen LogP contribution in [0.15, 0.2) is 60.7 Å². The van der Waals surface area contributed by atoms with Gasteiger partial charge in [-0.15, -0.1) is 0 Å². The van der Waals surface area contributed by atoms with Crippen LogP contribution in [0, 0.1) is 0 Å². The first-order valence-corrected chi connectivity index (χ1v) is 21.2. The van der Waals surface area contributed by atoms with Gasteiger partial charge in [-0.2, -0.15) is 0 Å². The van der Waals surface area contributed by atoms with Crippen molar-refractivity contribution >= 4 is 27.0 Å². The Hall–Kier alpha value is -1.33. The second-order valence-electron chi connectivity index (χ2n) is 15.3. The van der Waals surface area contributed by atoms with Gasteiger partial charge in [0, 0.05) is 19.4 Å². The van der Waals surface area contributed by atoms with E-state index in [0.29, 0.717) is 36.1 Å². The Morgan fingerprint density at radius 3 is 1.84 bits per heavy atom. The third-order valence-corrected chi connectivity index (χ3v) is 21.6. The van der Waals surface area contributed by atoms with E-state index < -0.39 is 28.5 Å². The lowest BCUT2D eigenvalue weighted by Crippen LogP contribution is -2.67. The van der Waals surface area contributed by atoms with E-state index in [2.05, 4.69) is 130 Å². The van der Waals surface area contributed by atoms with Crippen LogP contribution >= 0.6 is 0 Å². The van der Waals surface area contributed by atoms with E-state index in [1.165, 1.54) is 10.4 Å². The van der Waals surface area contributed by atoms with Crippen molar-refractivity contribution in [2.24, 2.45) is 0 Å². The molecule has 0 radical (unpaired) electrons. The maximum atomic E-state index is 12.0. The summed E-state index contributed by atoms with van der Waals surface area (Å²) in [7, 11) is -4.92. The first kappa shape index (κ1) is 35.5. The molecule has 5 nitrogen and oxygen atoms in total. The molecule has 4 rings (SSSR count). The number of benzene rings is 2. The molecule has 0 aromatic heterocycles. The quantitative estimate of drug-likeness (QED) is 0.253. The van der Waals surface area contributed by atoms with Gasteiger partial charge in [0.25, 0.3) is 8.32 Å². The van der Waals surface area contributed by atoms with Crippen LogP contribution in [0.1, 0.15) is 101 Å². The van der Waals surface area contributed by atoms with Gasteiger partial charge < -0.3 is 23.4 Å². The fraction of sp³-hybridized carbons (Fsp3) is 0.676. The van der Waals surface area contributed by atoms with Gasteiger partial charge in [-0.1, -0.05) is 123 Å². The van der Waals surface area contributed by atoms with Gasteiger partial charge in [0.2, 0.25) is 8.32 Å². The van der Waals surface area contributed by atoms with Crippen molar-refractivity contribution in [3.05, 3.63) is 60.7 Å². The molecule has 246 valence electrons. The molecule has 2 aromatic rings. The number of hydrogen-bond donors (Lipinski definition) is 1. The molecule has 0 saturated carbocycles. The number of aliphatic hydroxyl groups excluding tert-OH is 1. The average Bonchev–Trinajstić information content (AvgIpc) is 2.96. The van der Waals surface area contributed by atoms with Crippen LogP contribution in [0.4, 0.5) is 0 Å². The molecule has 0 bridgehead atoms. The van der Waals surface area contributed by atoms with Crippen molar-refractivity contribution in [1.82, 2.24) is 0 Å². The molecule has 0 amide bonds. The van der Waals surface area contributed by atoms with Gasteiger partial charge in [-0.25, -0.2) is 0 Å². The zero-order chi connectivity index (χ0) is 32.3. The molecular weight excluding hydrogens is 581 g/mol. The summed E-state index contributed by atoms with van der Waals surface area (Å²) < 4.78 is 28.0. The van der Waals surface area contributed by atoms with Gasteiger partial charge >= 0.3 is 0 Å². The second kappa shape index (κ2) is 14.2. The summed E-state index contributed by atoms with van der Waals surface area (Å²) in [6.45, 7) is 23.5. The van der Waals surface area contributed by atoms with E-state index >= 15 is 0 Å². The summed E-state index contributed by atoms with van der Waals surface area (Å²) in [5, 5.41) is 14.4. The molecule has 2 aliphatic heterocycles. The van der Waals surface area contributed by atoms with Gasteiger partial charge in [0.05, 0.1) is 18.3 Å². The Balaban J connectivity index is 1.66. The molecule has 2 aliphatic rings. The first-order chi connectivity index (χ1) is 20.7. The normalized spacial score (nSPS) is 27.0. The number of rotatable bonds is 11. The summed E-state index contributed by atoms with van der Waals surface area (Å²) in [4.78, 5) is 0. The molecule has 2 heterocycles. The van der Waals surface area contributed by atoms with Crippen LogP contribution in [0.5, 0.6) is 0 Å². The number of aliphatic hydroxyl groups is 1. The fourth-order valence-corrected chi connectivity index (χ4v) is 18.7. The molecular formula is C37H60O5Si2. The standard InChI is InChI=1S/C37H60O5Si2/c1-27(2)43(28(3)4,29(5)6)42-34-26-31(41-37(35(34)38)24-17-18-30(7)40-37)23-25-39-44(36(8,9)10,32-19-13-11-14-20-32)33-21-15-12-16-22-33/h11-16,19-22,27-31,34-35,38H,17-18,23-26H2,1-10H3/t30-,31-,34-,35+,37+/m1/s1. The molecule has 1 N–H and O–H groups in total. The van der Waals surface area contributed by atoms with Crippen molar-refractivity contribution in [3.63, 3.8) is 0 Å². The first-order valence-electron chi connectivity index (χ1n) is 17.2. The van der Waals surface area contributed by atoms with Crippen molar-refractivity contribution in [2.45, 2.75) is 153 Å². The topological polar surface area (TPSA) is 57.2 Å². The van der Waals surface area contributed by atoms with Crippen LogP contribution < -0.4 is 10.4 Å². The molecule has 44 heavy (non-hydrogen) atoms. The van der Waals surface area contributed by atoms with E-state index in [4.69, 9.17) is 18.3 Å². The molecule has 7 heteroatoms. The van der Waals surface area contributed by atoms with E-state index in [9.17, 15) is 5.11 Å². The molecule has 0 aliphatic carbocycles. The van der Waals surface area contributed by atoms with Gasteiger partial charge in [-0.05, 0) is 58.2 Å². The number of ether oxygens (including phenoxy) is 2. The lowest BCUT2D eigenvalue weighted by molar-refractivity contribution is -0.364. The molecule has 0 unspecified atom stereocenters. The summed E-state index contributed by atoms with van der Waals surface area (Å²) in [5.74, 6) is -1.03. The van der Waals surface area contributed by atoms with Crippen molar-refractivity contribution in [2.75, 3.05) is 6.61 Å². The molecule has 2 saturated heterocycles. The van der Waals surface area contributed by atoms with Gasteiger partial charge in [-0.3, -0.25) is 0 Å². The zero-order valence-corrected chi connectivity index (χ0v) is 31.1. The van der Waals surface area contributed by atoms with Crippen LogP contribution in [-0.2, 0) is 18.3 Å². The molecule has 5 atom stereocenters. The predicted octanol–water partition coefficient (Wildman–Crippen LogP) is 7.95. The second-order valence-corrected chi connectivity index (χ2v) is 25.0. The Labute approximate surface area is 270 Å². The Bertz CT molecular complexity index is 1100. The monoisotopic (exact) mass is 640 g/mol. The fourth-order valence-electron chi connectivity index (χ4n) is 8.53. The highest BCUT2D eigenvalue weighted by Gasteiger charge is 2.57. The maximum absolute atomic E-state index is 12.0. The lowest BCUT2D eigenvalue weighted by atomic mass is 9.88. The summed E-state index contributed by atoms with van der Waals surface area (Å²) >= 11 is 0. The van der Waals surface area contributed by atoms with Crippen LogP contribution in [0.2, 0.25) is 21.7 Å². The Kier molecular flexibility index (Phi) is 11.5. The molecule has 2 aromatic carbocycles. The lowest BCUT2D eigenvalue weighted by Gasteiger charge is -2.54. The summed E-state index contributed by atoms with van der Waals surface area (Å²) in [6, 6.07) is 21.6. The van der Waals surface area contributed by atoms with Crippen LogP contribution in [-0.4, -0.2) is 58.6 Å². The summed E-state index contributed by atoms with van der Waals surface area (Å²) in [5.41, 5.74) is 1.28. The third kappa shape index (κ3) is 6.85. The van der Waals surface area contributed by atoms with E-state index in [1.54, 1.807) is 0 Å². The Morgan fingerprint density at radius 2 is 1.39 bits per heavy atom. The van der Waals surface area contributed by atoms with Crippen LogP contribution in [0.25, 0.3) is 0 Å². The average molecular weight is 641 g/mol. The number of hydrogen-bond acceptors (Lipinski definition) is 5. The largest absolute Gasteiger partial charge is 0.410 e. The van der Waals surface area contributed by atoms with Crippen LogP contribution in [0.3, 0.4) is 0 Å². The van der Waals surface area contributed by atoms with Crippen molar-refractivity contribution < 1.29 is 23.4 Å². The van der Waals surface area contributed by atoms with E-state index in [-0.39, 0.29) is 23.4 Å². The van der Waals surface area contributed by atoms with E-state index in [1.807, 2.05) is 0 Å². The Morgan fingerprint density at radius 1 is 0.864 bits per heavy atom. The van der Waals surface area contributed by atoms with E-state index in [0.717, 1.165) is 19.3 Å². The smallest absolute Gasteiger partial charge is 0.261 e. The minimum Gasteiger partial charge on any atom is -0.410 e. The minimum absolute atomic E-state index is 0.0356. The third-order valence-electron chi connectivity index (χ3n) is 10.4. The minimum atomic E-state index is -2.67. The SMILES string of the molecule is CC(C)[Si](O[C@@H]1C[C@@H](CCO[Si](c2ccccc2)(c2ccccc2)C(C)(C)C)O[C@@]2(CCC[C@@H](C)O2)[C@H]1O)(C(C)C)C(C)C. The van der Waals surface area contributed by atoms with Crippen molar-refractivity contribution in [3.8, 4) is 0 Å². The highest BCUT2D eigenvalue weighted by molar-refractivity contribution is 6.99. The molecule has 2 fully saturated rings. The van der Waals surface area contributed by atoms with Gasteiger partial charge in [0.1, 0.15) is 6.10 Å². The zero-order valence-electron chi connectivity index (χ0n) is 29.1. The summed E-state index contributed by atoms with van der Waals surface area (Å²) in [6.07, 6.45) is 2.75. The maximum Gasteiger partial charge on any atom is 0.261 e. The van der Waals surface area contributed by atoms with Crippen molar-refractivity contribution in [1.29, 1.82) is 0 Å². The highest BCUT2D eigenvalue weighted by atomic mass is 28.4. The van der Waals surface area contributed by atoms with Gasteiger partial charge in [0.15, 0.2) is 5.79 Å². The highest BCUT2D eigenvalue weighted by Crippen LogP contribution is 2.48. The molecule has 1 spiro atoms.